The molecule has 0 fully saturated rings. The van der Waals surface area contributed by atoms with E-state index >= 15 is 0 Å². The van der Waals surface area contributed by atoms with Gasteiger partial charge in [0.2, 0.25) is 0 Å². The largest absolute Gasteiger partial charge is 0.370 e. The van der Waals surface area contributed by atoms with Crippen LogP contribution < -0.4 is 11.1 Å². The van der Waals surface area contributed by atoms with Crippen LogP contribution >= 0.6 is 0 Å². The summed E-state index contributed by atoms with van der Waals surface area (Å²) in [6.07, 6.45) is 1.75. The van der Waals surface area contributed by atoms with Gasteiger partial charge in [0, 0.05) is 19.8 Å². The maximum atomic E-state index is 5.70. The zero-order valence-corrected chi connectivity index (χ0v) is 9.57. The van der Waals surface area contributed by atoms with Crippen molar-refractivity contribution in [2.45, 2.75) is 20.4 Å². The fraction of sp³-hybridized carbons (Fsp3) is 0.600. The number of aryl methyl sites for hydroxylation is 1. The smallest absolute Gasteiger partial charge is 0.188 e. The van der Waals surface area contributed by atoms with Gasteiger partial charge in [0.15, 0.2) is 5.96 Å². The Hall–Kier alpha value is -1.52. The third-order valence-electron chi connectivity index (χ3n) is 2.03. The molecule has 0 saturated heterocycles. The quantitative estimate of drug-likeness (QED) is 0.560. The molecule has 5 heteroatoms. The van der Waals surface area contributed by atoms with Crippen LogP contribution in [0.3, 0.4) is 0 Å². The monoisotopic (exact) mass is 209 g/mol. The first-order valence-corrected chi connectivity index (χ1v) is 5.10. The summed E-state index contributed by atoms with van der Waals surface area (Å²) < 4.78 is 1.79. The van der Waals surface area contributed by atoms with Gasteiger partial charge in [0.25, 0.3) is 0 Å². The summed E-state index contributed by atoms with van der Waals surface area (Å²) in [5.74, 6) is 1.06. The van der Waals surface area contributed by atoms with Crippen molar-refractivity contribution in [2.75, 3.05) is 6.54 Å². The highest BCUT2D eigenvalue weighted by Crippen LogP contribution is 1.97. The Bertz CT molecular complexity index is 326. The lowest BCUT2D eigenvalue weighted by atomic mass is 10.2. The second-order valence-corrected chi connectivity index (χ2v) is 3.92. The number of nitrogens with one attached hydrogen (secondary N) is 1. The molecule has 0 aliphatic rings. The van der Waals surface area contributed by atoms with Crippen molar-refractivity contribution in [3.05, 3.63) is 18.0 Å². The minimum Gasteiger partial charge on any atom is -0.370 e. The van der Waals surface area contributed by atoms with E-state index in [2.05, 4.69) is 29.3 Å². The van der Waals surface area contributed by atoms with E-state index in [4.69, 9.17) is 5.73 Å². The highest BCUT2D eigenvalue weighted by molar-refractivity contribution is 5.77. The Morgan fingerprint density at radius 1 is 1.67 bits per heavy atom. The number of rotatable bonds is 4. The van der Waals surface area contributed by atoms with Crippen molar-refractivity contribution >= 4 is 5.96 Å². The molecule has 1 aromatic rings. The number of nitrogens with two attached hydrogens (primary N) is 1. The first-order valence-electron chi connectivity index (χ1n) is 5.10. The van der Waals surface area contributed by atoms with Gasteiger partial charge in [-0.05, 0) is 12.0 Å². The maximum Gasteiger partial charge on any atom is 0.188 e. The zero-order valence-electron chi connectivity index (χ0n) is 9.57. The Kier molecular flexibility index (Phi) is 4.15. The van der Waals surface area contributed by atoms with Gasteiger partial charge >= 0.3 is 0 Å². The Labute approximate surface area is 90.4 Å². The minimum absolute atomic E-state index is 0.491. The standard InChI is InChI=1S/C10H19N5/c1-8(2)6-12-10(11)13-7-9-4-5-14-15(9)3/h4-5,8H,6-7H2,1-3H3,(H3,11,12,13). The van der Waals surface area contributed by atoms with E-state index < -0.39 is 0 Å². The van der Waals surface area contributed by atoms with Gasteiger partial charge in [-0.1, -0.05) is 13.8 Å². The lowest BCUT2D eigenvalue weighted by Gasteiger charge is -2.07. The van der Waals surface area contributed by atoms with E-state index in [1.807, 2.05) is 13.1 Å². The van der Waals surface area contributed by atoms with Gasteiger partial charge in [-0.3, -0.25) is 4.68 Å². The van der Waals surface area contributed by atoms with E-state index in [9.17, 15) is 0 Å². The molecule has 5 nitrogen and oxygen atoms in total. The normalized spacial score (nSPS) is 12.1. The molecule has 0 unspecified atom stereocenters. The summed E-state index contributed by atoms with van der Waals surface area (Å²) >= 11 is 0. The molecule has 84 valence electrons. The average molecular weight is 209 g/mol. The van der Waals surface area contributed by atoms with Crippen molar-refractivity contribution in [3.63, 3.8) is 0 Å². The molecular formula is C10H19N5. The van der Waals surface area contributed by atoms with Crippen LogP contribution in [0.1, 0.15) is 19.5 Å². The molecule has 0 bridgehead atoms. The van der Waals surface area contributed by atoms with E-state index in [0.29, 0.717) is 18.4 Å². The zero-order chi connectivity index (χ0) is 11.3. The van der Waals surface area contributed by atoms with Crippen LogP contribution in [0, 0.1) is 5.92 Å². The number of aromatic nitrogens is 2. The molecule has 0 radical (unpaired) electrons. The van der Waals surface area contributed by atoms with Crippen LogP contribution in [0.5, 0.6) is 0 Å². The molecular weight excluding hydrogens is 190 g/mol. The lowest BCUT2D eigenvalue weighted by molar-refractivity contribution is 0.621. The van der Waals surface area contributed by atoms with Crippen LogP contribution in [0.25, 0.3) is 0 Å². The molecule has 0 aliphatic carbocycles. The van der Waals surface area contributed by atoms with E-state index in [-0.39, 0.29) is 0 Å². The van der Waals surface area contributed by atoms with Gasteiger partial charge in [0.05, 0.1) is 12.2 Å². The summed E-state index contributed by atoms with van der Waals surface area (Å²) in [5, 5.41) is 7.12. The first-order chi connectivity index (χ1) is 7.09. The summed E-state index contributed by atoms with van der Waals surface area (Å²) in [6.45, 7) is 5.66. The molecule has 0 atom stereocenters. The summed E-state index contributed by atoms with van der Waals surface area (Å²) in [5.41, 5.74) is 6.74. The Morgan fingerprint density at radius 2 is 2.40 bits per heavy atom. The predicted molar refractivity (Wildman–Crippen MR) is 61.4 cm³/mol. The van der Waals surface area contributed by atoms with Crippen LogP contribution in [0.4, 0.5) is 0 Å². The molecule has 0 aliphatic heterocycles. The SMILES string of the molecule is CC(C)CNC(N)=NCc1ccnn1C. The Morgan fingerprint density at radius 3 is 2.93 bits per heavy atom. The fourth-order valence-corrected chi connectivity index (χ4v) is 1.09. The van der Waals surface area contributed by atoms with Crippen LogP contribution in [-0.2, 0) is 13.6 Å². The predicted octanol–water partition coefficient (Wildman–Crippen LogP) is 0.480. The first kappa shape index (κ1) is 11.6. The van der Waals surface area contributed by atoms with Gasteiger partial charge < -0.3 is 11.1 Å². The molecule has 1 heterocycles. The third-order valence-corrected chi connectivity index (χ3v) is 2.03. The van der Waals surface area contributed by atoms with Crippen molar-refractivity contribution in [1.29, 1.82) is 0 Å². The van der Waals surface area contributed by atoms with Crippen molar-refractivity contribution < 1.29 is 0 Å². The number of guanidine groups is 1. The summed E-state index contributed by atoms with van der Waals surface area (Å²) in [7, 11) is 1.89. The second kappa shape index (κ2) is 5.38. The minimum atomic E-state index is 0.491. The van der Waals surface area contributed by atoms with Gasteiger partial charge in [-0.25, -0.2) is 4.99 Å². The molecule has 1 rings (SSSR count). The van der Waals surface area contributed by atoms with E-state index in [1.54, 1.807) is 10.9 Å². The summed E-state index contributed by atoms with van der Waals surface area (Å²) in [4.78, 5) is 4.22. The third kappa shape index (κ3) is 4.01. The molecule has 0 amide bonds. The van der Waals surface area contributed by atoms with Gasteiger partial charge in [-0.15, -0.1) is 0 Å². The number of nitrogens with zero attached hydrogens (tertiary/aromatic N) is 3. The number of aliphatic imine (C=N–C) groups is 1. The fourth-order valence-electron chi connectivity index (χ4n) is 1.09. The highest BCUT2D eigenvalue weighted by atomic mass is 15.3. The topological polar surface area (TPSA) is 68.2 Å². The van der Waals surface area contributed by atoms with Gasteiger partial charge in [-0.2, -0.15) is 5.10 Å². The average Bonchev–Trinajstić information content (AvgIpc) is 2.58. The van der Waals surface area contributed by atoms with Crippen LogP contribution in [0.2, 0.25) is 0 Å². The Balaban J connectivity index is 2.40. The number of hydrogen-bond acceptors (Lipinski definition) is 2. The lowest BCUT2D eigenvalue weighted by Crippen LogP contribution is -2.34. The van der Waals surface area contributed by atoms with Gasteiger partial charge in [0.1, 0.15) is 0 Å². The highest BCUT2D eigenvalue weighted by Gasteiger charge is 1.98. The second-order valence-electron chi connectivity index (χ2n) is 3.92. The molecule has 1 aromatic heterocycles. The van der Waals surface area contributed by atoms with Crippen LogP contribution in [-0.4, -0.2) is 22.3 Å². The molecule has 0 aromatic carbocycles. The number of hydrogen-bond donors (Lipinski definition) is 2. The van der Waals surface area contributed by atoms with E-state index in [1.165, 1.54) is 0 Å². The molecule has 0 saturated carbocycles. The van der Waals surface area contributed by atoms with E-state index in [0.717, 1.165) is 12.2 Å². The van der Waals surface area contributed by atoms with Crippen molar-refractivity contribution in [2.24, 2.45) is 23.7 Å². The van der Waals surface area contributed by atoms with Crippen molar-refractivity contribution in [1.82, 2.24) is 15.1 Å². The van der Waals surface area contributed by atoms with Crippen molar-refractivity contribution in [3.8, 4) is 0 Å². The van der Waals surface area contributed by atoms with Crippen LogP contribution in [0.15, 0.2) is 17.3 Å². The molecule has 15 heavy (non-hydrogen) atoms. The maximum absolute atomic E-state index is 5.70. The summed E-state index contributed by atoms with van der Waals surface area (Å²) in [6, 6.07) is 1.93. The molecule has 0 spiro atoms. The molecule has 3 N–H and O–H groups in total.